The molecule has 0 spiro atoms. The molecule has 7 nitrogen and oxygen atoms in total. The number of oxazole rings is 1. The minimum Gasteiger partial charge on any atom is -0.408 e. The number of hydrogen-bond donors (Lipinski definition) is 4. The quantitative estimate of drug-likeness (QED) is 0.605. The Balaban J connectivity index is 2.14. The normalized spacial score (nSPS) is 10.9. The Labute approximate surface area is 109 Å². The highest BCUT2D eigenvalue weighted by molar-refractivity contribution is 5.87. The molecule has 0 unspecified atom stereocenters. The van der Waals surface area contributed by atoms with Gasteiger partial charge >= 0.3 is 5.76 Å². The fourth-order valence-electron chi connectivity index (χ4n) is 1.71. The molecule has 1 amide bonds. The smallest absolute Gasteiger partial charge is 0.408 e. The van der Waals surface area contributed by atoms with Gasteiger partial charge in [-0.2, -0.15) is 0 Å². The van der Waals surface area contributed by atoms with Crippen molar-refractivity contribution in [3.63, 3.8) is 0 Å². The first kappa shape index (κ1) is 13.0. The summed E-state index contributed by atoms with van der Waals surface area (Å²) in [6.45, 7) is 3.87. The first-order valence-electron chi connectivity index (χ1n) is 5.91. The van der Waals surface area contributed by atoms with E-state index in [1.807, 2.05) is 13.8 Å². The van der Waals surface area contributed by atoms with Gasteiger partial charge in [-0.05, 0) is 19.9 Å². The number of amides is 1. The molecule has 2 aromatic rings. The fraction of sp³-hybridized carbons (Fsp3) is 0.333. The van der Waals surface area contributed by atoms with Crippen molar-refractivity contribution in [3.05, 3.63) is 22.7 Å². The summed E-state index contributed by atoms with van der Waals surface area (Å²) in [5.74, 6) is -0.667. The third-order valence-electron chi connectivity index (χ3n) is 2.48. The van der Waals surface area contributed by atoms with Crippen LogP contribution in [0.5, 0.6) is 0 Å². The molecule has 102 valence electrons. The van der Waals surface area contributed by atoms with Gasteiger partial charge in [0.2, 0.25) is 5.91 Å². The summed E-state index contributed by atoms with van der Waals surface area (Å²) in [4.78, 5) is 25.1. The molecule has 0 atom stereocenters. The SMILES string of the molecule is CC(C)NC(=O)CNc1cc2[nH]c(=O)oc2cc1N. The summed E-state index contributed by atoms with van der Waals surface area (Å²) in [7, 11) is 0. The van der Waals surface area contributed by atoms with Crippen LogP contribution in [-0.2, 0) is 4.79 Å². The van der Waals surface area contributed by atoms with Crippen molar-refractivity contribution in [1.29, 1.82) is 0 Å². The van der Waals surface area contributed by atoms with Gasteiger partial charge in [0, 0.05) is 12.1 Å². The summed E-state index contributed by atoms with van der Waals surface area (Å²) in [6, 6.07) is 3.26. The van der Waals surface area contributed by atoms with Crippen LogP contribution in [0, 0.1) is 0 Å². The Bertz CT molecular complexity index is 657. The van der Waals surface area contributed by atoms with Crippen molar-refractivity contribution in [1.82, 2.24) is 10.3 Å². The van der Waals surface area contributed by atoms with Crippen LogP contribution in [0.25, 0.3) is 11.1 Å². The summed E-state index contributed by atoms with van der Waals surface area (Å²) in [5.41, 5.74) is 7.72. The van der Waals surface area contributed by atoms with Crippen molar-refractivity contribution in [2.75, 3.05) is 17.6 Å². The molecule has 7 heteroatoms. The summed E-state index contributed by atoms with van der Waals surface area (Å²) >= 11 is 0. The summed E-state index contributed by atoms with van der Waals surface area (Å²) in [5, 5.41) is 5.67. The van der Waals surface area contributed by atoms with Crippen molar-refractivity contribution in [2.24, 2.45) is 0 Å². The van der Waals surface area contributed by atoms with E-state index in [-0.39, 0.29) is 18.5 Å². The van der Waals surface area contributed by atoms with Gasteiger partial charge in [0.15, 0.2) is 5.58 Å². The molecule has 19 heavy (non-hydrogen) atoms. The molecule has 0 radical (unpaired) electrons. The van der Waals surface area contributed by atoms with E-state index < -0.39 is 5.76 Å². The Morgan fingerprint density at radius 3 is 2.89 bits per heavy atom. The maximum absolute atomic E-state index is 11.5. The lowest BCUT2D eigenvalue weighted by atomic mass is 10.2. The van der Waals surface area contributed by atoms with Crippen LogP contribution in [-0.4, -0.2) is 23.5 Å². The van der Waals surface area contributed by atoms with E-state index in [4.69, 9.17) is 10.2 Å². The highest BCUT2D eigenvalue weighted by Crippen LogP contribution is 2.23. The molecular formula is C12H16N4O3. The lowest BCUT2D eigenvalue weighted by Crippen LogP contribution is -2.34. The van der Waals surface area contributed by atoms with Crippen LogP contribution in [0.15, 0.2) is 21.3 Å². The molecule has 0 saturated heterocycles. The number of benzene rings is 1. The van der Waals surface area contributed by atoms with Crippen molar-refractivity contribution >= 4 is 28.4 Å². The number of aromatic nitrogens is 1. The number of aromatic amines is 1. The van der Waals surface area contributed by atoms with Crippen molar-refractivity contribution in [2.45, 2.75) is 19.9 Å². The van der Waals surface area contributed by atoms with E-state index in [1.165, 1.54) is 6.07 Å². The van der Waals surface area contributed by atoms with Gasteiger partial charge in [0.25, 0.3) is 0 Å². The Morgan fingerprint density at radius 2 is 2.21 bits per heavy atom. The lowest BCUT2D eigenvalue weighted by Gasteiger charge is -2.11. The van der Waals surface area contributed by atoms with Gasteiger partial charge in [-0.1, -0.05) is 0 Å². The molecule has 0 saturated carbocycles. The molecular weight excluding hydrogens is 248 g/mol. The number of rotatable bonds is 4. The molecule has 1 heterocycles. The van der Waals surface area contributed by atoms with E-state index in [9.17, 15) is 9.59 Å². The second kappa shape index (κ2) is 5.05. The first-order chi connectivity index (χ1) is 8.95. The van der Waals surface area contributed by atoms with Gasteiger partial charge in [-0.15, -0.1) is 0 Å². The van der Waals surface area contributed by atoms with Crippen molar-refractivity contribution < 1.29 is 9.21 Å². The van der Waals surface area contributed by atoms with Crippen LogP contribution in [0.3, 0.4) is 0 Å². The maximum Gasteiger partial charge on any atom is 0.417 e. The third-order valence-corrected chi connectivity index (χ3v) is 2.48. The standard InChI is InChI=1S/C12H16N4O3/c1-6(2)15-11(17)5-14-8-4-9-10(3-7(8)13)19-12(18)16-9/h3-4,6,14H,5,13H2,1-2H3,(H,15,17)(H,16,18). The Kier molecular flexibility index (Phi) is 3.46. The van der Waals surface area contributed by atoms with Gasteiger partial charge in [0.05, 0.1) is 23.4 Å². The average molecular weight is 264 g/mol. The second-order valence-corrected chi connectivity index (χ2v) is 4.53. The molecule has 0 aliphatic heterocycles. The predicted octanol–water partition coefficient (Wildman–Crippen LogP) is 0.640. The number of fused-ring (bicyclic) bond motifs is 1. The molecule has 1 aromatic heterocycles. The zero-order valence-corrected chi connectivity index (χ0v) is 10.7. The second-order valence-electron chi connectivity index (χ2n) is 4.53. The minimum absolute atomic E-state index is 0.0827. The number of anilines is 2. The van der Waals surface area contributed by atoms with Crippen LogP contribution in [0.2, 0.25) is 0 Å². The fourth-order valence-corrected chi connectivity index (χ4v) is 1.71. The zero-order valence-electron chi connectivity index (χ0n) is 10.7. The van der Waals surface area contributed by atoms with E-state index in [1.54, 1.807) is 6.07 Å². The van der Waals surface area contributed by atoms with E-state index >= 15 is 0 Å². The molecule has 0 bridgehead atoms. The number of nitrogens with one attached hydrogen (secondary N) is 3. The highest BCUT2D eigenvalue weighted by Gasteiger charge is 2.08. The Hall–Kier alpha value is -2.44. The number of nitrogens with two attached hydrogens (primary N) is 1. The summed E-state index contributed by atoms with van der Waals surface area (Å²) in [6.07, 6.45) is 0. The third kappa shape index (κ3) is 3.06. The molecule has 0 aliphatic carbocycles. The van der Waals surface area contributed by atoms with E-state index in [0.29, 0.717) is 22.5 Å². The molecule has 0 aliphatic rings. The highest BCUT2D eigenvalue weighted by atomic mass is 16.4. The van der Waals surface area contributed by atoms with E-state index in [0.717, 1.165) is 0 Å². The minimum atomic E-state index is -0.538. The van der Waals surface area contributed by atoms with Crippen molar-refractivity contribution in [3.8, 4) is 0 Å². The summed E-state index contributed by atoms with van der Waals surface area (Å²) < 4.78 is 4.88. The van der Waals surface area contributed by atoms with Crippen LogP contribution in [0.1, 0.15) is 13.8 Å². The molecule has 0 fully saturated rings. The van der Waals surface area contributed by atoms with Gasteiger partial charge in [-0.3, -0.25) is 9.78 Å². The Morgan fingerprint density at radius 1 is 1.47 bits per heavy atom. The predicted molar refractivity (Wildman–Crippen MR) is 73.0 cm³/mol. The molecule has 5 N–H and O–H groups in total. The topological polar surface area (TPSA) is 113 Å². The first-order valence-corrected chi connectivity index (χ1v) is 5.91. The largest absolute Gasteiger partial charge is 0.417 e. The number of nitrogen functional groups attached to an aromatic ring is 1. The number of H-pyrrole nitrogens is 1. The average Bonchev–Trinajstić information content (AvgIpc) is 2.64. The number of carbonyl (C=O) groups excluding carboxylic acids is 1. The zero-order chi connectivity index (χ0) is 14.0. The number of hydrogen-bond acceptors (Lipinski definition) is 5. The van der Waals surface area contributed by atoms with Gasteiger partial charge < -0.3 is 20.8 Å². The van der Waals surface area contributed by atoms with Crippen LogP contribution >= 0.6 is 0 Å². The van der Waals surface area contributed by atoms with Crippen LogP contribution in [0.4, 0.5) is 11.4 Å². The molecule has 2 rings (SSSR count). The lowest BCUT2D eigenvalue weighted by molar-refractivity contribution is -0.119. The van der Waals surface area contributed by atoms with Gasteiger partial charge in [-0.25, -0.2) is 4.79 Å². The van der Waals surface area contributed by atoms with Gasteiger partial charge in [0.1, 0.15) is 0 Å². The van der Waals surface area contributed by atoms with E-state index in [2.05, 4.69) is 15.6 Å². The monoisotopic (exact) mass is 264 g/mol. The van der Waals surface area contributed by atoms with Crippen LogP contribution < -0.4 is 22.1 Å². The number of carbonyl (C=O) groups is 1. The maximum atomic E-state index is 11.5. The molecule has 1 aromatic carbocycles.